The number of fused-ring (bicyclic) bond motifs is 2. The van der Waals surface area contributed by atoms with E-state index in [2.05, 4.69) is 17.1 Å². The van der Waals surface area contributed by atoms with Crippen LogP contribution >= 0.6 is 0 Å². The standard InChI is InChI=1S/C28H30N2O6S.Na/c1-3-13-30(20-8-10-21(11-9-20)37(2,33)34)25-6-4-5-23-24(17-36-28(23)25)29-19-7-12-22-18(14-27(31)32)16-35-26(22)15-19;/h4-12,15,18,24,29H,3,13-14,16-17H2,1-2H3,(H,31,32);/q;+1/p-1/t18-,24-;/m1./s1. The van der Waals surface area contributed by atoms with Crippen LogP contribution in [0.1, 0.15) is 42.9 Å². The molecule has 0 amide bonds. The van der Waals surface area contributed by atoms with Crippen LogP contribution in [0.2, 0.25) is 0 Å². The summed E-state index contributed by atoms with van der Waals surface area (Å²) in [5.41, 5.74) is 4.60. The van der Waals surface area contributed by atoms with E-state index in [0.717, 1.165) is 46.9 Å². The molecule has 0 saturated carbocycles. The Morgan fingerprint density at radius 3 is 2.50 bits per heavy atom. The minimum absolute atomic E-state index is 0. The quantitative estimate of drug-likeness (QED) is 0.395. The summed E-state index contributed by atoms with van der Waals surface area (Å²) in [6, 6.07) is 18.7. The van der Waals surface area contributed by atoms with Gasteiger partial charge >= 0.3 is 29.6 Å². The van der Waals surface area contributed by atoms with Gasteiger partial charge in [-0.15, -0.1) is 0 Å². The van der Waals surface area contributed by atoms with E-state index >= 15 is 0 Å². The van der Waals surface area contributed by atoms with E-state index in [1.54, 1.807) is 12.1 Å². The van der Waals surface area contributed by atoms with Crippen molar-refractivity contribution in [3.8, 4) is 11.5 Å². The zero-order valence-electron chi connectivity index (χ0n) is 21.8. The number of carboxylic acids is 1. The second-order valence-electron chi connectivity index (χ2n) is 9.46. The number of para-hydroxylation sites is 1. The van der Waals surface area contributed by atoms with Gasteiger partial charge in [-0.1, -0.05) is 25.1 Å². The summed E-state index contributed by atoms with van der Waals surface area (Å²) in [5.74, 6) is 0.216. The summed E-state index contributed by atoms with van der Waals surface area (Å²) >= 11 is 0. The topological polar surface area (TPSA) is 108 Å². The maximum atomic E-state index is 11.9. The van der Waals surface area contributed by atoms with Crippen LogP contribution < -0.4 is 54.4 Å². The van der Waals surface area contributed by atoms with Crippen LogP contribution in [0.4, 0.5) is 17.1 Å². The van der Waals surface area contributed by atoms with E-state index in [4.69, 9.17) is 9.47 Å². The molecule has 2 aliphatic rings. The van der Waals surface area contributed by atoms with Crippen LogP contribution in [0.3, 0.4) is 0 Å². The van der Waals surface area contributed by atoms with Crippen LogP contribution in [-0.4, -0.2) is 40.4 Å². The largest absolute Gasteiger partial charge is 1.00 e. The van der Waals surface area contributed by atoms with Gasteiger partial charge in [0.2, 0.25) is 0 Å². The molecule has 8 nitrogen and oxygen atoms in total. The summed E-state index contributed by atoms with van der Waals surface area (Å²) in [4.78, 5) is 13.5. The van der Waals surface area contributed by atoms with Gasteiger partial charge in [-0.2, -0.15) is 0 Å². The third-order valence-electron chi connectivity index (χ3n) is 6.76. The van der Waals surface area contributed by atoms with Crippen molar-refractivity contribution in [2.75, 3.05) is 36.2 Å². The monoisotopic (exact) mass is 544 g/mol. The molecule has 1 N–H and O–H groups in total. The van der Waals surface area contributed by atoms with E-state index < -0.39 is 15.8 Å². The SMILES string of the molecule is CCCN(c1ccc(S(C)(=O)=O)cc1)c1cccc2c1OC[C@H]2Nc1ccc2c(c1)OC[C@H]2CC(=O)[O-].[Na+]. The molecule has 10 heteroatoms. The summed E-state index contributed by atoms with van der Waals surface area (Å²) in [7, 11) is -3.27. The zero-order chi connectivity index (χ0) is 26.2. The van der Waals surface area contributed by atoms with Crippen molar-refractivity contribution < 1.29 is 57.3 Å². The number of rotatable bonds is 9. The summed E-state index contributed by atoms with van der Waals surface area (Å²) in [5, 5.41) is 14.5. The Morgan fingerprint density at radius 2 is 1.82 bits per heavy atom. The number of hydrogen-bond acceptors (Lipinski definition) is 8. The van der Waals surface area contributed by atoms with Gasteiger partial charge in [0.25, 0.3) is 0 Å². The number of sulfone groups is 1. The molecule has 0 bridgehead atoms. The van der Waals surface area contributed by atoms with Gasteiger partial charge in [-0.25, -0.2) is 8.42 Å². The molecule has 38 heavy (non-hydrogen) atoms. The number of carbonyl (C=O) groups is 1. The molecule has 194 valence electrons. The van der Waals surface area contributed by atoms with E-state index in [9.17, 15) is 18.3 Å². The summed E-state index contributed by atoms with van der Waals surface area (Å²) < 4.78 is 35.7. The fourth-order valence-corrected chi connectivity index (χ4v) is 5.62. The van der Waals surface area contributed by atoms with Crippen LogP contribution in [0.15, 0.2) is 65.6 Å². The molecule has 3 aromatic carbocycles. The Labute approximate surface area is 245 Å². The molecular formula is C28H29N2NaO6S. The molecule has 0 spiro atoms. The maximum absolute atomic E-state index is 11.9. The fraction of sp³-hybridized carbons (Fsp3) is 0.321. The third-order valence-corrected chi connectivity index (χ3v) is 7.88. The molecule has 2 aliphatic heterocycles. The first-order chi connectivity index (χ1) is 17.7. The fourth-order valence-electron chi connectivity index (χ4n) is 4.99. The Kier molecular flexibility index (Phi) is 8.62. The molecule has 0 fully saturated rings. The van der Waals surface area contributed by atoms with E-state index in [1.165, 1.54) is 6.26 Å². The van der Waals surface area contributed by atoms with Crippen LogP contribution in [0.5, 0.6) is 11.5 Å². The van der Waals surface area contributed by atoms with Crippen molar-refractivity contribution in [2.45, 2.75) is 36.6 Å². The Hall–Kier alpha value is -2.72. The number of ether oxygens (including phenoxy) is 2. The number of carbonyl (C=O) groups excluding carboxylic acids is 1. The third kappa shape index (κ3) is 5.81. The smallest absolute Gasteiger partial charge is 0.550 e. The number of hydrogen-bond donors (Lipinski definition) is 1. The van der Waals surface area contributed by atoms with Gasteiger partial charge in [0.15, 0.2) is 9.84 Å². The predicted molar refractivity (Wildman–Crippen MR) is 139 cm³/mol. The van der Waals surface area contributed by atoms with E-state index in [1.807, 2.05) is 48.5 Å². The Bertz CT molecular complexity index is 1430. The van der Waals surface area contributed by atoms with Gasteiger partial charge in [0.05, 0.1) is 23.2 Å². The molecule has 5 rings (SSSR count). The molecule has 3 aromatic rings. The van der Waals surface area contributed by atoms with Crippen molar-refractivity contribution in [1.82, 2.24) is 0 Å². The van der Waals surface area contributed by atoms with Gasteiger partial charge < -0.3 is 29.6 Å². The second-order valence-corrected chi connectivity index (χ2v) is 11.5. The molecule has 0 aliphatic carbocycles. The number of anilines is 3. The van der Waals surface area contributed by atoms with Crippen LogP contribution in [0, 0.1) is 0 Å². The van der Waals surface area contributed by atoms with E-state index in [0.29, 0.717) is 19.0 Å². The second kappa shape index (κ2) is 11.6. The number of nitrogens with zero attached hydrogens (tertiary/aromatic N) is 1. The first kappa shape index (κ1) is 28.3. The van der Waals surface area contributed by atoms with Gasteiger partial charge in [0, 0.05) is 53.3 Å². The van der Waals surface area contributed by atoms with Gasteiger partial charge in [-0.3, -0.25) is 0 Å². The van der Waals surface area contributed by atoms with Crippen molar-refractivity contribution in [2.24, 2.45) is 0 Å². The minimum atomic E-state index is -3.27. The molecule has 0 unspecified atom stereocenters. The molecule has 0 radical (unpaired) electrons. The Morgan fingerprint density at radius 1 is 1.05 bits per heavy atom. The number of nitrogens with one attached hydrogen (secondary N) is 1. The molecule has 0 aromatic heterocycles. The van der Waals surface area contributed by atoms with E-state index in [-0.39, 0.29) is 52.8 Å². The first-order valence-electron chi connectivity index (χ1n) is 12.3. The predicted octanol–water partition coefficient (Wildman–Crippen LogP) is 0.804. The van der Waals surface area contributed by atoms with Crippen molar-refractivity contribution in [3.63, 3.8) is 0 Å². The van der Waals surface area contributed by atoms with Crippen LogP contribution in [0.25, 0.3) is 0 Å². The van der Waals surface area contributed by atoms with Crippen molar-refractivity contribution in [3.05, 3.63) is 71.8 Å². The van der Waals surface area contributed by atoms with Crippen LogP contribution in [-0.2, 0) is 14.6 Å². The average Bonchev–Trinajstić information content (AvgIpc) is 3.46. The van der Waals surface area contributed by atoms with Crippen molar-refractivity contribution in [1.29, 1.82) is 0 Å². The number of aliphatic carboxylic acids is 1. The summed E-state index contributed by atoms with van der Waals surface area (Å²) in [6.45, 7) is 3.62. The van der Waals surface area contributed by atoms with Gasteiger partial charge in [-0.05, 0) is 49.2 Å². The normalized spacial score (nSPS) is 17.4. The molecule has 0 saturated heterocycles. The molecule has 2 atom stereocenters. The first-order valence-corrected chi connectivity index (χ1v) is 14.2. The zero-order valence-corrected chi connectivity index (χ0v) is 24.6. The Balaban J connectivity index is 0.00000336. The maximum Gasteiger partial charge on any atom is 1.00 e. The number of carboxylic acid groups (broad SMARTS) is 1. The van der Waals surface area contributed by atoms with Gasteiger partial charge in [0.1, 0.15) is 18.1 Å². The molecule has 2 heterocycles. The minimum Gasteiger partial charge on any atom is -0.550 e. The summed E-state index contributed by atoms with van der Waals surface area (Å²) in [6.07, 6.45) is 2.04. The van der Waals surface area contributed by atoms with Crippen molar-refractivity contribution >= 4 is 32.9 Å². The number of benzene rings is 3. The average molecular weight is 545 g/mol. The molecular weight excluding hydrogens is 515 g/mol.